The summed E-state index contributed by atoms with van der Waals surface area (Å²) in [5.41, 5.74) is 8.60. The Balaban J connectivity index is 2.00. The summed E-state index contributed by atoms with van der Waals surface area (Å²) in [6.45, 7) is 3.98. The van der Waals surface area contributed by atoms with Gasteiger partial charge in [-0.05, 0) is 32.6 Å². The summed E-state index contributed by atoms with van der Waals surface area (Å²) in [6, 6.07) is 0.312. The highest BCUT2D eigenvalue weighted by Crippen LogP contribution is 2.30. The Morgan fingerprint density at radius 3 is 2.94 bits per heavy atom. The van der Waals surface area contributed by atoms with E-state index >= 15 is 0 Å². The van der Waals surface area contributed by atoms with E-state index in [-0.39, 0.29) is 0 Å². The number of hydrogen-bond acceptors (Lipinski definition) is 4. The Bertz CT molecular complexity index is 416. The molecule has 86 valence electrons. The SMILES string of the molecule is Cc1nc2c(c(N3CC[C@@H](N)C3)n1)CCC2. The molecule has 4 heteroatoms. The van der Waals surface area contributed by atoms with Gasteiger partial charge in [0.1, 0.15) is 11.6 Å². The van der Waals surface area contributed by atoms with E-state index in [0.717, 1.165) is 44.0 Å². The second kappa shape index (κ2) is 3.70. The van der Waals surface area contributed by atoms with Crippen molar-refractivity contribution in [3.05, 3.63) is 17.1 Å². The first kappa shape index (κ1) is 10.0. The number of hydrogen-bond donors (Lipinski definition) is 1. The van der Waals surface area contributed by atoms with Crippen LogP contribution < -0.4 is 10.6 Å². The molecule has 0 unspecified atom stereocenters. The molecule has 0 saturated carbocycles. The van der Waals surface area contributed by atoms with Gasteiger partial charge in [0, 0.05) is 30.4 Å². The van der Waals surface area contributed by atoms with E-state index in [9.17, 15) is 0 Å². The second-order valence-electron chi connectivity index (χ2n) is 4.87. The van der Waals surface area contributed by atoms with Crippen molar-refractivity contribution in [3.63, 3.8) is 0 Å². The maximum absolute atomic E-state index is 5.96. The minimum absolute atomic E-state index is 0.312. The number of aromatic nitrogens is 2. The maximum atomic E-state index is 5.96. The summed E-state index contributed by atoms with van der Waals surface area (Å²) in [5.74, 6) is 2.06. The van der Waals surface area contributed by atoms with Crippen LogP contribution in [0.15, 0.2) is 0 Å². The number of fused-ring (bicyclic) bond motifs is 1. The van der Waals surface area contributed by atoms with Gasteiger partial charge in [0.15, 0.2) is 0 Å². The van der Waals surface area contributed by atoms with Crippen molar-refractivity contribution >= 4 is 5.82 Å². The lowest BCUT2D eigenvalue weighted by Gasteiger charge is -2.20. The van der Waals surface area contributed by atoms with Crippen LogP contribution in [0, 0.1) is 6.92 Å². The van der Waals surface area contributed by atoms with Gasteiger partial charge >= 0.3 is 0 Å². The molecule has 1 aliphatic heterocycles. The molecule has 3 rings (SSSR count). The molecule has 2 N–H and O–H groups in total. The largest absolute Gasteiger partial charge is 0.355 e. The highest BCUT2D eigenvalue weighted by atomic mass is 15.2. The van der Waals surface area contributed by atoms with Gasteiger partial charge < -0.3 is 10.6 Å². The van der Waals surface area contributed by atoms with E-state index in [1.807, 2.05) is 6.92 Å². The van der Waals surface area contributed by atoms with Crippen molar-refractivity contribution < 1.29 is 0 Å². The van der Waals surface area contributed by atoms with Crippen LogP contribution in [-0.2, 0) is 12.8 Å². The first-order chi connectivity index (χ1) is 7.74. The van der Waals surface area contributed by atoms with Crippen molar-refractivity contribution in [2.75, 3.05) is 18.0 Å². The molecule has 1 aromatic rings. The van der Waals surface area contributed by atoms with E-state index in [4.69, 9.17) is 5.73 Å². The Morgan fingerprint density at radius 1 is 1.31 bits per heavy atom. The van der Waals surface area contributed by atoms with Crippen molar-refractivity contribution in [2.45, 2.75) is 38.6 Å². The number of nitrogens with two attached hydrogens (primary N) is 1. The van der Waals surface area contributed by atoms with Crippen LogP contribution in [0.5, 0.6) is 0 Å². The molecule has 16 heavy (non-hydrogen) atoms. The Morgan fingerprint density at radius 2 is 2.19 bits per heavy atom. The lowest BCUT2D eigenvalue weighted by Crippen LogP contribution is -2.28. The van der Waals surface area contributed by atoms with Crippen molar-refractivity contribution in [3.8, 4) is 0 Å². The van der Waals surface area contributed by atoms with E-state index in [2.05, 4.69) is 14.9 Å². The number of aryl methyl sites for hydroxylation is 2. The first-order valence-corrected chi connectivity index (χ1v) is 6.11. The number of nitrogens with zero attached hydrogens (tertiary/aromatic N) is 3. The van der Waals surface area contributed by atoms with E-state index in [1.165, 1.54) is 17.7 Å². The predicted octanol–water partition coefficient (Wildman–Crippen LogP) is 0.811. The van der Waals surface area contributed by atoms with Crippen LogP contribution >= 0.6 is 0 Å². The van der Waals surface area contributed by atoms with Crippen molar-refractivity contribution in [2.24, 2.45) is 5.73 Å². The topological polar surface area (TPSA) is 55.0 Å². The molecule has 0 spiro atoms. The Labute approximate surface area is 95.9 Å². The fraction of sp³-hybridized carbons (Fsp3) is 0.667. The van der Waals surface area contributed by atoms with Gasteiger partial charge in [-0.25, -0.2) is 9.97 Å². The van der Waals surface area contributed by atoms with Gasteiger partial charge in [-0.3, -0.25) is 0 Å². The quantitative estimate of drug-likeness (QED) is 0.758. The fourth-order valence-electron chi connectivity index (χ4n) is 2.77. The zero-order chi connectivity index (χ0) is 11.1. The van der Waals surface area contributed by atoms with Crippen LogP contribution in [0.2, 0.25) is 0 Å². The van der Waals surface area contributed by atoms with Gasteiger partial charge in [-0.1, -0.05) is 0 Å². The minimum atomic E-state index is 0.312. The number of anilines is 1. The molecule has 1 atom stereocenters. The summed E-state index contributed by atoms with van der Waals surface area (Å²) in [7, 11) is 0. The fourth-order valence-corrected chi connectivity index (χ4v) is 2.77. The third kappa shape index (κ3) is 1.57. The molecule has 1 fully saturated rings. The smallest absolute Gasteiger partial charge is 0.135 e. The van der Waals surface area contributed by atoms with Crippen LogP contribution in [0.3, 0.4) is 0 Å². The first-order valence-electron chi connectivity index (χ1n) is 6.11. The molecule has 4 nitrogen and oxygen atoms in total. The molecular weight excluding hydrogens is 200 g/mol. The van der Waals surface area contributed by atoms with Crippen molar-refractivity contribution in [1.29, 1.82) is 0 Å². The van der Waals surface area contributed by atoms with Gasteiger partial charge in [-0.15, -0.1) is 0 Å². The Hall–Kier alpha value is -1.16. The molecule has 1 aliphatic carbocycles. The highest BCUT2D eigenvalue weighted by molar-refractivity contribution is 5.52. The molecular formula is C12H18N4. The lowest BCUT2D eigenvalue weighted by atomic mass is 10.2. The van der Waals surface area contributed by atoms with Gasteiger partial charge in [0.25, 0.3) is 0 Å². The normalized spacial score (nSPS) is 23.9. The number of rotatable bonds is 1. The monoisotopic (exact) mass is 218 g/mol. The maximum Gasteiger partial charge on any atom is 0.135 e. The standard InChI is InChI=1S/C12H18N4/c1-8-14-11-4-2-3-10(11)12(15-8)16-6-5-9(13)7-16/h9H,2-7,13H2,1H3/t9-/m1/s1. The van der Waals surface area contributed by atoms with E-state index in [0.29, 0.717) is 6.04 Å². The summed E-state index contributed by atoms with van der Waals surface area (Å²) >= 11 is 0. The highest BCUT2D eigenvalue weighted by Gasteiger charge is 2.26. The summed E-state index contributed by atoms with van der Waals surface area (Å²) in [5, 5.41) is 0. The molecule has 2 aliphatic rings. The third-order valence-electron chi connectivity index (χ3n) is 3.55. The zero-order valence-electron chi connectivity index (χ0n) is 9.74. The Kier molecular flexibility index (Phi) is 2.32. The van der Waals surface area contributed by atoms with Crippen molar-refractivity contribution in [1.82, 2.24) is 9.97 Å². The van der Waals surface area contributed by atoms with Crippen LogP contribution in [0.1, 0.15) is 29.9 Å². The zero-order valence-corrected chi connectivity index (χ0v) is 9.74. The molecule has 0 amide bonds. The summed E-state index contributed by atoms with van der Waals surface area (Å²) in [4.78, 5) is 11.5. The van der Waals surface area contributed by atoms with Gasteiger partial charge in [-0.2, -0.15) is 0 Å². The molecule has 1 aromatic heterocycles. The summed E-state index contributed by atoms with van der Waals surface area (Å²) < 4.78 is 0. The average Bonchev–Trinajstić information content (AvgIpc) is 2.84. The molecule has 2 heterocycles. The lowest BCUT2D eigenvalue weighted by molar-refractivity contribution is 0.750. The van der Waals surface area contributed by atoms with Crippen LogP contribution in [0.4, 0.5) is 5.82 Å². The predicted molar refractivity (Wildman–Crippen MR) is 63.6 cm³/mol. The minimum Gasteiger partial charge on any atom is -0.355 e. The van der Waals surface area contributed by atoms with E-state index in [1.54, 1.807) is 0 Å². The van der Waals surface area contributed by atoms with Crippen LogP contribution in [0.25, 0.3) is 0 Å². The van der Waals surface area contributed by atoms with Crippen LogP contribution in [-0.4, -0.2) is 29.1 Å². The molecule has 1 saturated heterocycles. The van der Waals surface area contributed by atoms with E-state index < -0.39 is 0 Å². The second-order valence-corrected chi connectivity index (χ2v) is 4.87. The molecule has 0 radical (unpaired) electrons. The average molecular weight is 218 g/mol. The molecule has 0 aromatic carbocycles. The van der Waals surface area contributed by atoms with Gasteiger partial charge in [0.05, 0.1) is 0 Å². The molecule has 0 bridgehead atoms. The summed E-state index contributed by atoms with van der Waals surface area (Å²) in [6.07, 6.45) is 4.56. The van der Waals surface area contributed by atoms with Gasteiger partial charge in [0.2, 0.25) is 0 Å². The third-order valence-corrected chi connectivity index (χ3v) is 3.55.